The van der Waals surface area contributed by atoms with E-state index in [1.165, 1.54) is 0 Å². The summed E-state index contributed by atoms with van der Waals surface area (Å²) in [5, 5.41) is 0. The highest BCUT2D eigenvalue weighted by Crippen LogP contribution is 2.07. The summed E-state index contributed by atoms with van der Waals surface area (Å²) in [7, 11) is 0. The number of hydrogen-bond donors (Lipinski definition) is 1. The molecular weight excluding hydrogens is 183 g/mol. The molecule has 0 radical (unpaired) electrons. The molecule has 0 amide bonds. The van der Waals surface area contributed by atoms with Gasteiger partial charge in [-0.1, -0.05) is 12.2 Å². The third kappa shape index (κ3) is 3.43. The van der Waals surface area contributed by atoms with Gasteiger partial charge in [0.25, 0.3) is 0 Å². The van der Waals surface area contributed by atoms with Gasteiger partial charge in [0.15, 0.2) is 0 Å². The molecule has 1 aliphatic heterocycles. The first kappa shape index (κ1) is 9.33. The van der Waals surface area contributed by atoms with E-state index < -0.39 is 0 Å². The predicted molar refractivity (Wildman–Crippen MR) is 48.6 cm³/mol. The molecule has 0 spiro atoms. The van der Waals surface area contributed by atoms with E-state index in [1.807, 2.05) is 0 Å². The fourth-order valence-corrected chi connectivity index (χ4v) is 1.50. The number of nitrogens with one attached hydrogen (secondary N) is 1. The standard InChI is InChI=1S/C7H12Cl2N2/c8-10-7-4-2-1-3-5-11(9)6-7/h1-2,7,10H,3-6H2/b2-1-/t7-/m1/s1. The fourth-order valence-electron chi connectivity index (χ4n) is 1.08. The van der Waals surface area contributed by atoms with Gasteiger partial charge in [0.1, 0.15) is 0 Å². The number of halogens is 2. The van der Waals surface area contributed by atoms with Crippen LogP contribution in [-0.2, 0) is 0 Å². The van der Waals surface area contributed by atoms with Crippen LogP contribution in [0.4, 0.5) is 0 Å². The molecule has 0 aromatic carbocycles. The molecule has 4 heteroatoms. The van der Waals surface area contributed by atoms with Crippen molar-refractivity contribution in [3.8, 4) is 0 Å². The second-order valence-corrected chi connectivity index (χ2v) is 3.37. The second-order valence-electron chi connectivity index (χ2n) is 2.67. The van der Waals surface area contributed by atoms with E-state index in [2.05, 4.69) is 17.0 Å². The molecule has 0 aromatic heterocycles. The molecule has 11 heavy (non-hydrogen) atoms. The van der Waals surface area contributed by atoms with Crippen LogP contribution in [0.5, 0.6) is 0 Å². The van der Waals surface area contributed by atoms with Gasteiger partial charge in [0.2, 0.25) is 0 Å². The normalized spacial score (nSPS) is 30.9. The summed E-state index contributed by atoms with van der Waals surface area (Å²) in [5.74, 6) is 0. The Kier molecular flexibility index (Phi) is 4.23. The second kappa shape index (κ2) is 4.99. The average Bonchev–Trinajstić information content (AvgIpc) is 1.96. The molecule has 1 atom stereocenters. The molecule has 0 unspecified atom stereocenters. The van der Waals surface area contributed by atoms with Crippen LogP contribution < -0.4 is 4.84 Å². The minimum atomic E-state index is 0.269. The van der Waals surface area contributed by atoms with E-state index in [0.29, 0.717) is 0 Å². The molecule has 0 bridgehead atoms. The Labute approximate surface area is 77.4 Å². The lowest BCUT2D eigenvalue weighted by Gasteiger charge is -2.20. The molecule has 0 aromatic rings. The van der Waals surface area contributed by atoms with Crippen LogP contribution >= 0.6 is 23.6 Å². The Bertz CT molecular complexity index is 138. The van der Waals surface area contributed by atoms with Crippen LogP contribution in [0.2, 0.25) is 0 Å². The quantitative estimate of drug-likeness (QED) is 0.507. The molecule has 0 saturated carbocycles. The average molecular weight is 195 g/mol. The van der Waals surface area contributed by atoms with E-state index in [-0.39, 0.29) is 6.04 Å². The Morgan fingerprint density at radius 1 is 1.45 bits per heavy atom. The molecule has 0 fully saturated rings. The maximum atomic E-state index is 5.87. The lowest BCUT2D eigenvalue weighted by atomic mass is 10.1. The predicted octanol–water partition coefficient (Wildman–Crippen LogP) is 1.90. The Morgan fingerprint density at radius 2 is 2.27 bits per heavy atom. The summed E-state index contributed by atoms with van der Waals surface area (Å²) in [6.07, 6.45) is 6.25. The summed E-state index contributed by atoms with van der Waals surface area (Å²) in [6.45, 7) is 1.70. The van der Waals surface area contributed by atoms with Crippen molar-refractivity contribution in [3.63, 3.8) is 0 Å². The molecule has 1 aliphatic rings. The van der Waals surface area contributed by atoms with E-state index in [4.69, 9.17) is 23.6 Å². The highest BCUT2D eigenvalue weighted by Gasteiger charge is 2.11. The van der Waals surface area contributed by atoms with Gasteiger partial charge in [-0.2, -0.15) is 0 Å². The molecule has 1 rings (SSSR count). The molecule has 0 saturated heterocycles. The van der Waals surface area contributed by atoms with Crippen molar-refractivity contribution < 1.29 is 0 Å². The van der Waals surface area contributed by atoms with E-state index in [0.717, 1.165) is 25.9 Å². The first-order valence-corrected chi connectivity index (χ1v) is 4.46. The monoisotopic (exact) mass is 194 g/mol. The van der Waals surface area contributed by atoms with Gasteiger partial charge in [-0.15, -0.1) is 0 Å². The Morgan fingerprint density at radius 3 is 3.00 bits per heavy atom. The van der Waals surface area contributed by atoms with Crippen LogP contribution in [0.3, 0.4) is 0 Å². The summed E-state index contributed by atoms with van der Waals surface area (Å²) in [5.41, 5.74) is 0. The summed E-state index contributed by atoms with van der Waals surface area (Å²) < 4.78 is 1.77. The zero-order valence-electron chi connectivity index (χ0n) is 6.26. The highest BCUT2D eigenvalue weighted by atomic mass is 35.5. The summed E-state index contributed by atoms with van der Waals surface area (Å²) in [6, 6.07) is 0.269. The van der Waals surface area contributed by atoms with Crippen molar-refractivity contribution >= 4 is 23.6 Å². The van der Waals surface area contributed by atoms with Gasteiger partial charge in [-0.05, 0) is 36.4 Å². The van der Waals surface area contributed by atoms with Crippen LogP contribution in [-0.4, -0.2) is 23.6 Å². The fraction of sp³-hybridized carbons (Fsp3) is 0.714. The summed E-state index contributed by atoms with van der Waals surface area (Å²) in [4.78, 5) is 2.70. The van der Waals surface area contributed by atoms with Crippen LogP contribution in [0.1, 0.15) is 12.8 Å². The van der Waals surface area contributed by atoms with Crippen molar-refractivity contribution in [2.24, 2.45) is 0 Å². The maximum Gasteiger partial charge on any atom is 0.0395 e. The minimum absolute atomic E-state index is 0.269. The minimum Gasteiger partial charge on any atom is -0.229 e. The smallest absolute Gasteiger partial charge is 0.0395 e. The Balaban J connectivity index is 2.41. The Hall–Kier alpha value is 0.240. The number of hydrogen-bond acceptors (Lipinski definition) is 2. The summed E-state index contributed by atoms with van der Waals surface area (Å²) >= 11 is 11.4. The van der Waals surface area contributed by atoms with E-state index >= 15 is 0 Å². The van der Waals surface area contributed by atoms with Crippen molar-refractivity contribution in [1.29, 1.82) is 0 Å². The molecule has 2 nitrogen and oxygen atoms in total. The maximum absolute atomic E-state index is 5.87. The molecule has 1 N–H and O–H groups in total. The SMILES string of the molecule is ClN[C@@H]1C/C=C\CCN(Cl)C1. The van der Waals surface area contributed by atoms with Crippen molar-refractivity contribution in [3.05, 3.63) is 12.2 Å². The van der Waals surface area contributed by atoms with Gasteiger partial charge in [-0.25, -0.2) is 9.25 Å². The van der Waals surface area contributed by atoms with Gasteiger partial charge in [-0.3, -0.25) is 0 Å². The van der Waals surface area contributed by atoms with Crippen molar-refractivity contribution in [2.45, 2.75) is 18.9 Å². The third-order valence-corrected chi connectivity index (χ3v) is 2.31. The van der Waals surface area contributed by atoms with E-state index in [1.54, 1.807) is 4.42 Å². The van der Waals surface area contributed by atoms with Crippen LogP contribution in [0, 0.1) is 0 Å². The first-order chi connectivity index (χ1) is 5.33. The topological polar surface area (TPSA) is 15.3 Å². The zero-order chi connectivity index (χ0) is 8.10. The molecular formula is C7H12Cl2N2. The first-order valence-electron chi connectivity index (χ1n) is 3.75. The van der Waals surface area contributed by atoms with Gasteiger partial charge in [0, 0.05) is 19.1 Å². The van der Waals surface area contributed by atoms with Crippen molar-refractivity contribution in [1.82, 2.24) is 9.25 Å². The third-order valence-electron chi connectivity index (χ3n) is 1.70. The molecule has 1 heterocycles. The largest absolute Gasteiger partial charge is 0.229 e. The van der Waals surface area contributed by atoms with Gasteiger partial charge in [0.05, 0.1) is 0 Å². The highest BCUT2D eigenvalue weighted by molar-refractivity contribution is 6.14. The zero-order valence-corrected chi connectivity index (χ0v) is 7.78. The molecule has 0 aliphatic carbocycles. The molecule has 64 valence electrons. The number of nitrogens with zero attached hydrogens (tertiary/aromatic N) is 1. The van der Waals surface area contributed by atoms with Crippen LogP contribution in [0.15, 0.2) is 12.2 Å². The van der Waals surface area contributed by atoms with Crippen molar-refractivity contribution in [2.75, 3.05) is 13.1 Å². The van der Waals surface area contributed by atoms with Gasteiger partial charge >= 0.3 is 0 Å². The lowest BCUT2D eigenvalue weighted by Crippen LogP contribution is -2.33. The lowest BCUT2D eigenvalue weighted by molar-refractivity contribution is 0.401. The van der Waals surface area contributed by atoms with Gasteiger partial charge < -0.3 is 0 Å². The van der Waals surface area contributed by atoms with E-state index in [9.17, 15) is 0 Å². The van der Waals surface area contributed by atoms with Crippen LogP contribution in [0.25, 0.3) is 0 Å². The number of rotatable bonds is 1.